The summed E-state index contributed by atoms with van der Waals surface area (Å²) < 4.78 is 11.6. The average Bonchev–Trinajstić information content (AvgIpc) is 2.81. The van der Waals surface area contributed by atoms with Crippen LogP contribution in [-0.4, -0.2) is 24.5 Å². The van der Waals surface area contributed by atoms with Crippen molar-refractivity contribution in [3.8, 4) is 11.5 Å². The van der Waals surface area contributed by atoms with Crippen LogP contribution in [0.1, 0.15) is 29.2 Å². The van der Waals surface area contributed by atoms with Gasteiger partial charge in [0, 0.05) is 10.8 Å². The van der Waals surface area contributed by atoms with Gasteiger partial charge in [-0.15, -0.1) is 11.8 Å². The van der Waals surface area contributed by atoms with Gasteiger partial charge in [-0.25, -0.2) is 5.43 Å². The summed E-state index contributed by atoms with van der Waals surface area (Å²) in [4.78, 5) is 12.1. The molecule has 0 radical (unpaired) electrons. The normalized spacial score (nSPS) is 10.9. The van der Waals surface area contributed by atoms with Gasteiger partial charge in [-0.1, -0.05) is 48.0 Å². The van der Waals surface area contributed by atoms with Crippen LogP contribution >= 0.6 is 23.4 Å². The third-order valence-electron chi connectivity index (χ3n) is 4.73. The summed E-state index contributed by atoms with van der Waals surface area (Å²) in [5.41, 5.74) is 6.85. The predicted molar refractivity (Wildman–Crippen MR) is 136 cm³/mol. The average molecular weight is 483 g/mol. The fourth-order valence-corrected chi connectivity index (χ4v) is 3.99. The number of nitrogens with zero attached hydrogens (tertiary/aromatic N) is 1. The Morgan fingerprint density at radius 1 is 1.06 bits per heavy atom. The Bertz CT molecular complexity index is 1090. The summed E-state index contributed by atoms with van der Waals surface area (Å²) in [6.07, 6.45) is 1.59. The molecule has 3 aromatic rings. The Morgan fingerprint density at radius 2 is 1.85 bits per heavy atom. The van der Waals surface area contributed by atoms with Crippen LogP contribution in [0.25, 0.3) is 0 Å². The van der Waals surface area contributed by atoms with Crippen molar-refractivity contribution >= 4 is 35.5 Å². The molecular formula is C26H27ClN2O3S. The molecule has 0 unspecified atom stereocenters. The maximum Gasteiger partial charge on any atom is 0.250 e. The Kier molecular flexibility index (Phi) is 9.66. The van der Waals surface area contributed by atoms with Crippen molar-refractivity contribution < 1.29 is 14.3 Å². The molecule has 1 amide bonds. The predicted octanol–water partition coefficient (Wildman–Crippen LogP) is 6.01. The number of aryl methyl sites for hydroxylation is 1. The maximum absolute atomic E-state index is 12.1. The second-order valence-electron chi connectivity index (χ2n) is 7.27. The lowest BCUT2D eigenvalue weighted by molar-refractivity contribution is -0.118. The van der Waals surface area contributed by atoms with Crippen LogP contribution in [0.4, 0.5) is 0 Å². The molecule has 0 aliphatic heterocycles. The number of hydrogen-bond acceptors (Lipinski definition) is 5. The van der Waals surface area contributed by atoms with Gasteiger partial charge in [-0.2, -0.15) is 5.10 Å². The lowest BCUT2D eigenvalue weighted by atomic mass is 10.1. The first-order valence-corrected chi connectivity index (χ1v) is 12.2. The lowest BCUT2D eigenvalue weighted by Gasteiger charge is -2.12. The molecule has 5 nitrogen and oxygen atoms in total. The second kappa shape index (κ2) is 12.9. The van der Waals surface area contributed by atoms with Crippen molar-refractivity contribution in [3.05, 3.63) is 94.0 Å². The largest absolute Gasteiger partial charge is 0.490 e. The molecule has 0 aliphatic carbocycles. The van der Waals surface area contributed by atoms with Crippen LogP contribution in [0, 0.1) is 6.92 Å². The van der Waals surface area contributed by atoms with Crippen molar-refractivity contribution in [2.75, 3.05) is 12.4 Å². The molecule has 33 heavy (non-hydrogen) atoms. The smallest absolute Gasteiger partial charge is 0.250 e. The molecule has 0 aromatic heterocycles. The van der Waals surface area contributed by atoms with Crippen LogP contribution < -0.4 is 14.9 Å². The van der Waals surface area contributed by atoms with Crippen LogP contribution in [0.3, 0.4) is 0 Å². The minimum atomic E-state index is -0.141. The Labute approximate surface area is 204 Å². The first-order chi connectivity index (χ1) is 16.0. The molecule has 0 fully saturated rings. The molecule has 0 atom stereocenters. The summed E-state index contributed by atoms with van der Waals surface area (Å²) in [6, 6.07) is 21.2. The second-order valence-corrected chi connectivity index (χ2v) is 8.69. The Morgan fingerprint density at radius 3 is 2.61 bits per heavy atom. The van der Waals surface area contributed by atoms with E-state index in [0.29, 0.717) is 35.5 Å². The number of thioether (sulfide) groups is 1. The van der Waals surface area contributed by atoms with Gasteiger partial charge in [-0.3, -0.25) is 4.79 Å². The number of hydrazone groups is 1. The van der Waals surface area contributed by atoms with Crippen LogP contribution in [0.15, 0.2) is 71.8 Å². The van der Waals surface area contributed by atoms with E-state index in [1.807, 2.05) is 61.5 Å². The zero-order valence-electron chi connectivity index (χ0n) is 18.7. The van der Waals surface area contributed by atoms with E-state index in [9.17, 15) is 4.79 Å². The van der Waals surface area contributed by atoms with Crippen LogP contribution in [0.2, 0.25) is 5.02 Å². The van der Waals surface area contributed by atoms with E-state index in [-0.39, 0.29) is 5.91 Å². The van der Waals surface area contributed by atoms with Crippen molar-refractivity contribution in [2.45, 2.75) is 26.2 Å². The quantitative estimate of drug-likeness (QED) is 0.268. The topological polar surface area (TPSA) is 59.9 Å². The summed E-state index contributed by atoms with van der Waals surface area (Å²) in [5.74, 6) is 2.25. The molecule has 0 saturated heterocycles. The number of carbonyl (C=O) groups excluding carboxylic acids is 1. The number of ether oxygens (including phenoxy) is 2. The van der Waals surface area contributed by atoms with Gasteiger partial charge in [0.15, 0.2) is 11.5 Å². The summed E-state index contributed by atoms with van der Waals surface area (Å²) >= 11 is 7.49. The highest BCUT2D eigenvalue weighted by atomic mass is 35.5. The van der Waals surface area contributed by atoms with E-state index >= 15 is 0 Å². The van der Waals surface area contributed by atoms with Crippen molar-refractivity contribution in [1.82, 2.24) is 5.43 Å². The molecule has 0 heterocycles. The summed E-state index contributed by atoms with van der Waals surface area (Å²) in [6.45, 7) is 4.90. The number of nitrogens with one attached hydrogen (secondary N) is 1. The standard InChI is InChI=1S/C26H27ClN2O3S/c1-3-31-25-14-21(10-13-24(25)32-16-20-8-11-23(27)12-9-20)15-28-29-26(30)18-33-17-22-7-5-4-6-19(22)2/h4-15H,3,16-18H2,1-2H3,(H,29,30)/b28-15+. The number of halogens is 1. The molecule has 3 rings (SSSR count). The number of benzene rings is 3. The van der Waals surface area contributed by atoms with E-state index < -0.39 is 0 Å². The minimum Gasteiger partial charge on any atom is -0.490 e. The van der Waals surface area contributed by atoms with Gasteiger partial charge in [0.25, 0.3) is 0 Å². The van der Waals surface area contributed by atoms with Crippen LogP contribution in [-0.2, 0) is 17.2 Å². The van der Waals surface area contributed by atoms with Crippen LogP contribution in [0.5, 0.6) is 11.5 Å². The fourth-order valence-electron chi connectivity index (χ4n) is 2.97. The number of amides is 1. The third kappa shape index (κ3) is 8.15. The van der Waals surface area contributed by atoms with Gasteiger partial charge in [0.2, 0.25) is 5.91 Å². The number of hydrogen-bond donors (Lipinski definition) is 1. The van der Waals surface area contributed by atoms with Crippen molar-refractivity contribution in [3.63, 3.8) is 0 Å². The van der Waals surface area contributed by atoms with E-state index in [1.165, 1.54) is 11.1 Å². The number of carbonyl (C=O) groups is 1. The molecule has 0 saturated carbocycles. The highest BCUT2D eigenvalue weighted by Gasteiger charge is 2.07. The first-order valence-electron chi connectivity index (χ1n) is 10.6. The van der Waals surface area contributed by atoms with E-state index in [2.05, 4.69) is 29.6 Å². The zero-order valence-corrected chi connectivity index (χ0v) is 20.3. The highest BCUT2D eigenvalue weighted by Crippen LogP contribution is 2.29. The third-order valence-corrected chi connectivity index (χ3v) is 5.96. The van der Waals surface area contributed by atoms with Crippen molar-refractivity contribution in [1.29, 1.82) is 0 Å². The van der Waals surface area contributed by atoms with Gasteiger partial charge in [-0.05, 0) is 66.4 Å². The van der Waals surface area contributed by atoms with Crippen molar-refractivity contribution in [2.24, 2.45) is 5.10 Å². The molecule has 0 bridgehead atoms. The summed E-state index contributed by atoms with van der Waals surface area (Å²) in [7, 11) is 0. The fraction of sp³-hybridized carbons (Fsp3) is 0.231. The molecule has 0 aliphatic rings. The first kappa shape index (κ1) is 24.7. The Balaban J connectivity index is 1.50. The monoisotopic (exact) mass is 482 g/mol. The molecular weight excluding hydrogens is 456 g/mol. The summed E-state index contributed by atoms with van der Waals surface area (Å²) in [5, 5.41) is 4.76. The van der Waals surface area contributed by atoms with Gasteiger partial charge in [0.1, 0.15) is 6.61 Å². The molecule has 172 valence electrons. The zero-order chi connectivity index (χ0) is 23.5. The van der Waals surface area contributed by atoms with Gasteiger partial charge in [0.05, 0.1) is 18.6 Å². The highest BCUT2D eigenvalue weighted by molar-refractivity contribution is 7.99. The van der Waals surface area contributed by atoms with E-state index in [1.54, 1.807) is 18.0 Å². The van der Waals surface area contributed by atoms with E-state index in [0.717, 1.165) is 16.9 Å². The molecule has 0 spiro atoms. The lowest BCUT2D eigenvalue weighted by Crippen LogP contribution is -2.19. The number of rotatable bonds is 11. The molecule has 1 N–H and O–H groups in total. The molecule has 7 heteroatoms. The van der Waals surface area contributed by atoms with Gasteiger partial charge >= 0.3 is 0 Å². The Hall–Kier alpha value is -2.96. The molecule has 3 aromatic carbocycles. The van der Waals surface area contributed by atoms with E-state index in [4.69, 9.17) is 21.1 Å². The van der Waals surface area contributed by atoms with Gasteiger partial charge < -0.3 is 9.47 Å². The SMILES string of the molecule is CCOc1cc(/C=N/NC(=O)CSCc2ccccc2C)ccc1OCc1ccc(Cl)cc1. The maximum atomic E-state index is 12.1. The minimum absolute atomic E-state index is 0.141.